The molecule has 0 saturated carbocycles. The van der Waals surface area contributed by atoms with E-state index in [9.17, 15) is 4.79 Å². The van der Waals surface area contributed by atoms with Crippen molar-refractivity contribution in [1.29, 1.82) is 0 Å². The molecule has 0 fully saturated rings. The van der Waals surface area contributed by atoms with Gasteiger partial charge in [0.15, 0.2) is 5.69 Å². The fourth-order valence-corrected chi connectivity index (χ4v) is 2.35. The van der Waals surface area contributed by atoms with Crippen LogP contribution in [0.2, 0.25) is 5.02 Å². The standard InChI is InChI=1S/C11H9BrClN3O2/c1-18-11(17)9-10(14)16(5-15-9)8-3-2-6(13)4-7(8)12/h2-5H,14H2,1H3. The Kier molecular flexibility index (Phi) is 3.58. The van der Waals surface area contributed by atoms with Crippen molar-refractivity contribution in [2.24, 2.45) is 0 Å². The van der Waals surface area contributed by atoms with E-state index in [4.69, 9.17) is 17.3 Å². The number of ether oxygens (including phenoxy) is 1. The highest BCUT2D eigenvalue weighted by molar-refractivity contribution is 9.10. The third-order valence-corrected chi connectivity index (χ3v) is 3.22. The number of hydrogen-bond acceptors (Lipinski definition) is 4. The average Bonchev–Trinajstić information content (AvgIpc) is 2.70. The number of anilines is 1. The van der Waals surface area contributed by atoms with Gasteiger partial charge in [0.05, 0.1) is 12.8 Å². The number of carbonyl (C=O) groups excluding carboxylic acids is 1. The fraction of sp³-hybridized carbons (Fsp3) is 0.0909. The second-order valence-corrected chi connectivity index (χ2v) is 4.73. The summed E-state index contributed by atoms with van der Waals surface area (Å²) < 4.78 is 6.91. The number of aromatic nitrogens is 2. The van der Waals surface area contributed by atoms with Gasteiger partial charge in [0.2, 0.25) is 0 Å². The van der Waals surface area contributed by atoms with E-state index in [1.54, 1.807) is 22.8 Å². The summed E-state index contributed by atoms with van der Waals surface area (Å²) in [5.74, 6) is -0.360. The predicted molar refractivity (Wildman–Crippen MR) is 72.0 cm³/mol. The minimum Gasteiger partial charge on any atom is -0.464 e. The zero-order valence-corrected chi connectivity index (χ0v) is 11.7. The third kappa shape index (κ3) is 2.21. The molecule has 0 radical (unpaired) electrons. The summed E-state index contributed by atoms with van der Waals surface area (Å²) >= 11 is 9.24. The molecule has 2 N–H and O–H groups in total. The Hall–Kier alpha value is -1.53. The number of methoxy groups -OCH3 is 1. The van der Waals surface area contributed by atoms with Crippen LogP contribution in [-0.4, -0.2) is 22.6 Å². The van der Waals surface area contributed by atoms with Gasteiger partial charge in [0.1, 0.15) is 12.1 Å². The quantitative estimate of drug-likeness (QED) is 0.859. The number of hydrogen-bond donors (Lipinski definition) is 1. The van der Waals surface area contributed by atoms with Crippen LogP contribution in [-0.2, 0) is 4.74 Å². The monoisotopic (exact) mass is 329 g/mol. The highest BCUT2D eigenvalue weighted by Crippen LogP contribution is 2.27. The second-order valence-electron chi connectivity index (χ2n) is 3.44. The molecule has 0 aliphatic carbocycles. The largest absolute Gasteiger partial charge is 0.464 e. The van der Waals surface area contributed by atoms with Gasteiger partial charge in [-0.25, -0.2) is 9.78 Å². The van der Waals surface area contributed by atoms with E-state index >= 15 is 0 Å². The molecular formula is C11H9BrClN3O2. The van der Waals surface area contributed by atoms with Crippen molar-refractivity contribution in [3.05, 3.63) is 39.7 Å². The number of halogens is 2. The molecule has 2 rings (SSSR count). The van der Waals surface area contributed by atoms with Gasteiger partial charge < -0.3 is 10.5 Å². The van der Waals surface area contributed by atoms with Crippen LogP contribution in [0.4, 0.5) is 5.82 Å². The zero-order chi connectivity index (χ0) is 13.3. The average molecular weight is 331 g/mol. The van der Waals surface area contributed by atoms with E-state index in [1.165, 1.54) is 13.4 Å². The number of nitrogen functional groups attached to an aromatic ring is 1. The van der Waals surface area contributed by atoms with Crippen LogP contribution in [0, 0.1) is 0 Å². The van der Waals surface area contributed by atoms with Crippen molar-refractivity contribution < 1.29 is 9.53 Å². The molecule has 0 bridgehead atoms. The summed E-state index contributed by atoms with van der Waals surface area (Å²) in [4.78, 5) is 15.3. The Balaban J connectivity index is 2.52. The number of carbonyl (C=O) groups is 1. The van der Waals surface area contributed by atoms with Crippen molar-refractivity contribution in [3.63, 3.8) is 0 Å². The number of esters is 1. The van der Waals surface area contributed by atoms with Gasteiger partial charge in [0, 0.05) is 9.50 Å². The molecule has 94 valence electrons. The van der Waals surface area contributed by atoms with Gasteiger partial charge in [-0.15, -0.1) is 0 Å². The van der Waals surface area contributed by atoms with Gasteiger partial charge in [-0.3, -0.25) is 4.57 Å². The highest BCUT2D eigenvalue weighted by Gasteiger charge is 2.17. The van der Waals surface area contributed by atoms with Crippen LogP contribution in [0.15, 0.2) is 29.0 Å². The first-order valence-electron chi connectivity index (χ1n) is 4.91. The SMILES string of the molecule is COC(=O)c1ncn(-c2ccc(Cl)cc2Br)c1N. The maximum atomic E-state index is 11.4. The minimum atomic E-state index is -0.573. The van der Waals surface area contributed by atoms with Crippen LogP contribution < -0.4 is 5.73 Å². The Morgan fingerprint density at radius 1 is 1.56 bits per heavy atom. The number of nitrogens with zero attached hydrogens (tertiary/aromatic N) is 2. The van der Waals surface area contributed by atoms with Gasteiger partial charge in [-0.2, -0.15) is 0 Å². The molecule has 1 aromatic carbocycles. The third-order valence-electron chi connectivity index (χ3n) is 2.35. The van der Waals surface area contributed by atoms with E-state index in [0.717, 1.165) is 10.2 Å². The summed E-state index contributed by atoms with van der Waals surface area (Å²) in [6.07, 6.45) is 1.45. The lowest BCUT2D eigenvalue weighted by Crippen LogP contribution is -2.07. The van der Waals surface area contributed by atoms with Crippen LogP contribution >= 0.6 is 27.5 Å². The lowest BCUT2D eigenvalue weighted by atomic mass is 10.3. The lowest BCUT2D eigenvalue weighted by molar-refractivity contribution is 0.0596. The molecule has 0 aliphatic heterocycles. The van der Waals surface area contributed by atoms with Crippen LogP contribution in [0.5, 0.6) is 0 Å². The molecule has 0 amide bonds. The first-order valence-corrected chi connectivity index (χ1v) is 6.08. The van der Waals surface area contributed by atoms with Crippen molar-refractivity contribution >= 4 is 39.3 Å². The summed E-state index contributed by atoms with van der Waals surface area (Å²) in [6, 6.07) is 5.22. The Morgan fingerprint density at radius 2 is 2.28 bits per heavy atom. The van der Waals surface area contributed by atoms with Crippen molar-refractivity contribution in [2.45, 2.75) is 0 Å². The number of imidazole rings is 1. The summed E-state index contributed by atoms with van der Waals surface area (Å²) in [5, 5.41) is 0.595. The van der Waals surface area contributed by atoms with Gasteiger partial charge in [-0.1, -0.05) is 11.6 Å². The van der Waals surface area contributed by atoms with Gasteiger partial charge in [-0.05, 0) is 34.1 Å². The summed E-state index contributed by atoms with van der Waals surface area (Å²) in [6.45, 7) is 0. The minimum absolute atomic E-state index is 0.0827. The van der Waals surface area contributed by atoms with Crippen LogP contribution in [0.3, 0.4) is 0 Å². The molecule has 0 atom stereocenters. The first-order chi connectivity index (χ1) is 8.54. The highest BCUT2D eigenvalue weighted by atomic mass is 79.9. The Labute approximate surface area is 117 Å². The second kappa shape index (κ2) is 4.99. The predicted octanol–water partition coefficient (Wildman–Crippen LogP) is 2.66. The van der Waals surface area contributed by atoms with E-state index in [0.29, 0.717) is 5.02 Å². The van der Waals surface area contributed by atoms with E-state index < -0.39 is 5.97 Å². The summed E-state index contributed by atoms with van der Waals surface area (Å²) in [7, 11) is 1.28. The van der Waals surface area contributed by atoms with Crippen LogP contribution in [0.25, 0.3) is 5.69 Å². The summed E-state index contributed by atoms with van der Waals surface area (Å²) in [5.41, 5.74) is 6.68. The molecule has 18 heavy (non-hydrogen) atoms. The van der Waals surface area contributed by atoms with Crippen molar-refractivity contribution in [2.75, 3.05) is 12.8 Å². The Morgan fingerprint density at radius 3 is 2.89 bits per heavy atom. The van der Waals surface area contributed by atoms with Gasteiger partial charge in [0.25, 0.3) is 0 Å². The van der Waals surface area contributed by atoms with E-state index in [-0.39, 0.29) is 11.5 Å². The maximum absolute atomic E-state index is 11.4. The molecule has 0 saturated heterocycles. The molecule has 5 nitrogen and oxygen atoms in total. The number of nitrogens with two attached hydrogens (primary N) is 1. The van der Waals surface area contributed by atoms with Gasteiger partial charge >= 0.3 is 5.97 Å². The van der Waals surface area contributed by atoms with Crippen molar-refractivity contribution in [1.82, 2.24) is 9.55 Å². The number of rotatable bonds is 2. The zero-order valence-electron chi connectivity index (χ0n) is 9.35. The van der Waals surface area contributed by atoms with E-state index in [2.05, 4.69) is 25.7 Å². The smallest absolute Gasteiger partial charge is 0.360 e. The Bertz CT molecular complexity index is 612. The fourth-order valence-electron chi connectivity index (χ4n) is 1.48. The van der Waals surface area contributed by atoms with E-state index in [1.807, 2.05) is 0 Å². The topological polar surface area (TPSA) is 70.1 Å². The number of benzene rings is 1. The normalized spacial score (nSPS) is 10.4. The molecular weight excluding hydrogens is 321 g/mol. The molecule has 1 heterocycles. The maximum Gasteiger partial charge on any atom is 0.360 e. The lowest BCUT2D eigenvalue weighted by Gasteiger charge is -2.08. The molecule has 0 unspecified atom stereocenters. The molecule has 0 aliphatic rings. The molecule has 0 spiro atoms. The van der Waals surface area contributed by atoms with Crippen molar-refractivity contribution in [3.8, 4) is 5.69 Å². The molecule has 1 aromatic heterocycles. The molecule has 2 aromatic rings. The van der Waals surface area contributed by atoms with Crippen LogP contribution in [0.1, 0.15) is 10.5 Å². The first kappa shape index (κ1) is 12.9. The molecule has 7 heteroatoms.